The van der Waals surface area contributed by atoms with Crippen LogP contribution >= 0.6 is 11.8 Å². The highest BCUT2D eigenvalue weighted by Crippen LogP contribution is 2.27. The summed E-state index contributed by atoms with van der Waals surface area (Å²) in [5, 5.41) is 9.07. The van der Waals surface area contributed by atoms with Gasteiger partial charge in [0.1, 0.15) is 5.52 Å². The van der Waals surface area contributed by atoms with Crippen molar-refractivity contribution >= 4 is 28.8 Å². The van der Waals surface area contributed by atoms with Crippen LogP contribution in [0.1, 0.15) is 13.3 Å². The largest absolute Gasteiger partial charge is 0.481 e. The molecule has 0 saturated heterocycles. The first-order chi connectivity index (χ1) is 9.04. The van der Waals surface area contributed by atoms with Gasteiger partial charge < -0.3 is 9.67 Å². The molecule has 0 saturated carbocycles. The van der Waals surface area contributed by atoms with E-state index in [1.165, 1.54) is 10.6 Å². The standard InChI is InChI=1S/C12H12F2N2O2S/c1-2-5-16-11-8(4-3-7(13)10(11)14)15-12(16)19-6-9(17)18/h3-4H,2,5-6H2,1H3,(H,17,18). The Morgan fingerprint density at radius 1 is 1.47 bits per heavy atom. The zero-order chi connectivity index (χ0) is 14.0. The minimum atomic E-state index is -0.980. The minimum Gasteiger partial charge on any atom is -0.481 e. The average Bonchev–Trinajstić information content (AvgIpc) is 2.71. The fourth-order valence-corrected chi connectivity index (χ4v) is 2.56. The first kappa shape index (κ1) is 13.8. The Bertz CT molecular complexity index is 628. The highest BCUT2D eigenvalue weighted by atomic mass is 32.2. The summed E-state index contributed by atoms with van der Waals surface area (Å²) in [7, 11) is 0. The fourth-order valence-electron chi connectivity index (χ4n) is 1.80. The number of benzene rings is 1. The molecule has 0 aliphatic rings. The van der Waals surface area contributed by atoms with Crippen molar-refractivity contribution in [3.63, 3.8) is 0 Å². The van der Waals surface area contributed by atoms with Crippen LogP contribution in [0, 0.1) is 11.6 Å². The molecular weight excluding hydrogens is 274 g/mol. The minimum absolute atomic E-state index is 0.0924. The van der Waals surface area contributed by atoms with Gasteiger partial charge in [-0.05, 0) is 18.6 Å². The maximum atomic E-state index is 13.8. The molecule has 2 rings (SSSR count). The molecule has 1 aromatic carbocycles. The first-order valence-electron chi connectivity index (χ1n) is 5.73. The van der Waals surface area contributed by atoms with Crippen molar-refractivity contribution in [2.75, 3.05) is 5.75 Å². The van der Waals surface area contributed by atoms with E-state index in [1.54, 1.807) is 0 Å². The Hall–Kier alpha value is -1.63. The number of aliphatic carboxylic acids is 1. The lowest BCUT2D eigenvalue weighted by Gasteiger charge is -2.06. The molecular formula is C12H12F2N2O2S. The topological polar surface area (TPSA) is 55.1 Å². The summed E-state index contributed by atoms with van der Waals surface area (Å²) in [6.45, 7) is 2.35. The van der Waals surface area contributed by atoms with Crippen molar-refractivity contribution in [2.24, 2.45) is 0 Å². The molecule has 0 bridgehead atoms. The second-order valence-corrected chi connectivity index (χ2v) is 4.90. The summed E-state index contributed by atoms with van der Waals surface area (Å²) >= 11 is 0.999. The number of hydrogen-bond donors (Lipinski definition) is 1. The van der Waals surface area contributed by atoms with Gasteiger partial charge in [-0.25, -0.2) is 13.8 Å². The SMILES string of the molecule is CCCn1c(SCC(=O)O)nc2ccc(F)c(F)c21. The predicted octanol–water partition coefficient (Wildman–Crippen LogP) is 2.90. The Kier molecular flexibility index (Phi) is 4.04. The number of nitrogens with zero attached hydrogens (tertiary/aromatic N) is 2. The Morgan fingerprint density at radius 3 is 2.84 bits per heavy atom. The second-order valence-electron chi connectivity index (χ2n) is 3.96. The van der Waals surface area contributed by atoms with Crippen molar-refractivity contribution < 1.29 is 18.7 Å². The third-order valence-electron chi connectivity index (χ3n) is 2.54. The van der Waals surface area contributed by atoms with Crippen LogP contribution in [-0.4, -0.2) is 26.4 Å². The number of rotatable bonds is 5. The number of aromatic nitrogens is 2. The third kappa shape index (κ3) is 2.70. The second kappa shape index (κ2) is 5.56. The van der Waals surface area contributed by atoms with Gasteiger partial charge in [-0.3, -0.25) is 4.79 Å². The van der Waals surface area contributed by atoms with E-state index < -0.39 is 17.6 Å². The quantitative estimate of drug-likeness (QED) is 0.859. The Morgan fingerprint density at radius 2 is 2.21 bits per heavy atom. The lowest BCUT2D eigenvalue weighted by atomic mass is 10.3. The monoisotopic (exact) mass is 286 g/mol. The number of thioether (sulfide) groups is 1. The molecule has 0 fully saturated rings. The van der Waals surface area contributed by atoms with E-state index >= 15 is 0 Å². The van der Waals surface area contributed by atoms with Crippen molar-refractivity contribution in [3.05, 3.63) is 23.8 Å². The van der Waals surface area contributed by atoms with Crippen LogP contribution in [0.2, 0.25) is 0 Å². The molecule has 0 radical (unpaired) electrons. The van der Waals surface area contributed by atoms with Gasteiger partial charge in [0.25, 0.3) is 0 Å². The zero-order valence-electron chi connectivity index (χ0n) is 10.2. The summed E-state index contributed by atoms with van der Waals surface area (Å²) in [5.41, 5.74) is 0.426. The number of aryl methyl sites for hydroxylation is 1. The third-order valence-corrected chi connectivity index (χ3v) is 3.50. The van der Waals surface area contributed by atoms with Crippen molar-refractivity contribution in [3.8, 4) is 0 Å². The lowest BCUT2D eigenvalue weighted by Crippen LogP contribution is -2.04. The smallest absolute Gasteiger partial charge is 0.313 e. The summed E-state index contributed by atoms with van der Waals surface area (Å²) in [4.78, 5) is 14.7. The molecule has 0 aliphatic heterocycles. The molecule has 0 aliphatic carbocycles. The summed E-state index contributed by atoms with van der Waals surface area (Å²) in [6, 6.07) is 2.41. The van der Waals surface area contributed by atoms with Gasteiger partial charge in [0, 0.05) is 6.54 Å². The fraction of sp³-hybridized carbons (Fsp3) is 0.333. The van der Waals surface area contributed by atoms with Gasteiger partial charge in [-0.1, -0.05) is 18.7 Å². The zero-order valence-corrected chi connectivity index (χ0v) is 11.0. The van der Waals surface area contributed by atoms with Crippen LogP contribution in [0.4, 0.5) is 8.78 Å². The van der Waals surface area contributed by atoms with E-state index in [9.17, 15) is 13.6 Å². The van der Waals surface area contributed by atoms with Crippen molar-refractivity contribution in [1.29, 1.82) is 0 Å². The molecule has 0 amide bonds. The Balaban J connectivity index is 2.54. The molecule has 2 aromatic rings. The van der Waals surface area contributed by atoms with Crippen LogP contribution < -0.4 is 0 Å². The molecule has 0 atom stereocenters. The lowest BCUT2D eigenvalue weighted by molar-refractivity contribution is -0.133. The highest BCUT2D eigenvalue weighted by molar-refractivity contribution is 7.99. The normalized spacial score (nSPS) is 11.1. The molecule has 1 heterocycles. The Labute approximate surface area is 112 Å². The van der Waals surface area contributed by atoms with Crippen LogP contribution in [-0.2, 0) is 11.3 Å². The molecule has 1 aromatic heterocycles. The van der Waals surface area contributed by atoms with Gasteiger partial charge in [0.15, 0.2) is 16.8 Å². The predicted molar refractivity (Wildman–Crippen MR) is 68.3 cm³/mol. The van der Waals surface area contributed by atoms with E-state index in [1.807, 2.05) is 6.92 Å². The van der Waals surface area contributed by atoms with Crippen LogP contribution in [0.5, 0.6) is 0 Å². The van der Waals surface area contributed by atoms with Crippen LogP contribution in [0.25, 0.3) is 11.0 Å². The van der Waals surface area contributed by atoms with Crippen molar-refractivity contribution in [1.82, 2.24) is 9.55 Å². The molecule has 7 heteroatoms. The number of carbonyl (C=O) groups is 1. The molecule has 0 unspecified atom stereocenters. The van der Waals surface area contributed by atoms with Crippen molar-refractivity contribution in [2.45, 2.75) is 25.0 Å². The summed E-state index contributed by atoms with van der Waals surface area (Å²) in [6.07, 6.45) is 0.710. The number of carboxylic acids is 1. The number of imidazole rings is 1. The molecule has 0 spiro atoms. The van der Waals surface area contributed by atoms with Gasteiger partial charge >= 0.3 is 5.97 Å². The van der Waals surface area contributed by atoms with Gasteiger partial charge in [-0.15, -0.1) is 0 Å². The van der Waals surface area contributed by atoms with E-state index in [0.717, 1.165) is 17.8 Å². The van der Waals surface area contributed by atoms with E-state index in [4.69, 9.17) is 5.11 Å². The van der Waals surface area contributed by atoms with Crippen LogP contribution in [0.3, 0.4) is 0 Å². The number of hydrogen-bond acceptors (Lipinski definition) is 3. The van der Waals surface area contributed by atoms with E-state index in [-0.39, 0.29) is 11.3 Å². The average molecular weight is 286 g/mol. The number of fused-ring (bicyclic) bond motifs is 1. The maximum Gasteiger partial charge on any atom is 0.313 e. The van der Waals surface area contributed by atoms with E-state index in [2.05, 4.69) is 4.98 Å². The number of halogens is 2. The molecule has 1 N–H and O–H groups in total. The van der Waals surface area contributed by atoms with Gasteiger partial charge in [0.2, 0.25) is 0 Å². The summed E-state index contributed by atoms with van der Waals surface area (Å²) in [5.74, 6) is -3.02. The van der Waals surface area contributed by atoms with Crippen LogP contribution in [0.15, 0.2) is 17.3 Å². The maximum absolute atomic E-state index is 13.8. The molecule has 4 nitrogen and oxygen atoms in total. The molecule has 19 heavy (non-hydrogen) atoms. The molecule has 102 valence electrons. The summed E-state index contributed by atoms with van der Waals surface area (Å²) < 4.78 is 28.6. The highest BCUT2D eigenvalue weighted by Gasteiger charge is 2.17. The van der Waals surface area contributed by atoms with Gasteiger partial charge in [0.05, 0.1) is 11.3 Å². The van der Waals surface area contributed by atoms with E-state index in [0.29, 0.717) is 23.6 Å². The number of carboxylic acid groups (broad SMARTS) is 1. The first-order valence-corrected chi connectivity index (χ1v) is 6.72. The van der Waals surface area contributed by atoms with Gasteiger partial charge in [-0.2, -0.15) is 0 Å².